The first-order valence-electron chi connectivity index (χ1n) is 7.18. The van der Waals surface area contributed by atoms with Gasteiger partial charge < -0.3 is 14.7 Å². The van der Waals surface area contributed by atoms with Gasteiger partial charge in [-0.15, -0.1) is 0 Å². The van der Waals surface area contributed by atoms with Crippen molar-refractivity contribution in [2.75, 3.05) is 0 Å². The zero-order valence-corrected chi connectivity index (χ0v) is 12.9. The highest BCUT2D eigenvalue weighted by molar-refractivity contribution is 6.06. The molecule has 25 heavy (non-hydrogen) atoms. The number of hydrogen-bond acceptors (Lipinski definition) is 4. The molecule has 0 aliphatic rings. The van der Waals surface area contributed by atoms with E-state index in [2.05, 4.69) is 15.3 Å². The Hall–Kier alpha value is -3.10. The molecule has 0 bridgehead atoms. The number of hydrogen-bond donors (Lipinski definition) is 2. The zero-order valence-electron chi connectivity index (χ0n) is 12.9. The monoisotopic (exact) mass is 351 g/mol. The zero-order chi connectivity index (χ0) is 18.2. The maximum atomic E-state index is 12.7. The molecule has 2 N–H and O–H groups in total. The molecular weight excluding hydrogens is 339 g/mol. The molecule has 1 aromatic carbocycles. The number of fused-ring (bicyclic) bond motifs is 1. The summed E-state index contributed by atoms with van der Waals surface area (Å²) >= 11 is 0. The van der Waals surface area contributed by atoms with Gasteiger partial charge in [0, 0.05) is 6.54 Å². The summed E-state index contributed by atoms with van der Waals surface area (Å²) in [5.41, 5.74) is -1.03. The van der Waals surface area contributed by atoms with E-state index in [0.717, 1.165) is 18.5 Å². The summed E-state index contributed by atoms with van der Waals surface area (Å²) in [4.78, 5) is 30.4. The van der Waals surface area contributed by atoms with E-state index in [4.69, 9.17) is 4.42 Å². The Kier molecular flexibility index (Phi) is 4.07. The van der Waals surface area contributed by atoms with Crippen molar-refractivity contribution >= 4 is 17.0 Å². The number of benzene rings is 1. The summed E-state index contributed by atoms with van der Waals surface area (Å²) < 4.78 is 43.4. The average Bonchev–Trinajstić information content (AvgIpc) is 2.89. The molecule has 6 nitrogen and oxygen atoms in total. The molecule has 0 radical (unpaired) electrons. The van der Waals surface area contributed by atoms with Gasteiger partial charge in [0.15, 0.2) is 0 Å². The number of alkyl halides is 3. The molecule has 0 aliphatic heterocycles. The normalized spacial score (nSPS) is 11.7. The first-order valence-corrected chi connectivity index (χ1v) is 7.18. The highest BCUT2D eigenvalue weighted by Crippen LogP contribution is 2.29. The highest BCUT2D eigenvalue weighted by Gasteiger charge is 2.30. The standard InChI is InChI=1S/C16H12F3N3O3/c1-8-11(12-14(24)21-7-22-15(12)25-8)13(23)20-6-9-3-2-4-10(5-9)16(17,18)19/h2-5,7H,6H2,1H3,(H,20,23)(H,21,22,24). The molecule has 0 unspecified atom stereocenters. The Labute approximate surface area is 138 Å². The van der Waals surface area contributed by atoms with Gasteiger partial charge in [-0.2, -0.15) is 13.2 Å². The summed E-state index contributed by atoms with van der Waals surface area (Å²) in [6, 6.07) is 4.63. The van der Waals surface area contributed by atoms with E-state index in [1.807, 2.05) is 0 Å². The van der Waals surface area contributed by atoms with Gasteiger partial charge in [-0.3, -0.25) is 9.59 Å². The van der Waals surface area contributed by atoms with Gasteiger partial charge in [0.05, 0.1) is 17.5 Å². The van der Waals surface area contributed by atoms with Gasteiger partial charge in [0.25, 0.3) is 11.5 Å². The maximum absolute atomic E-state index is 12.7. The third-order valence-corrected chi connectivity index (χ3v) is 3.60. The summed E-state index contributed by atoms with van der Waals surface area (Å²) in [5, 5.41) is 2.49. The molecule has 1 amide bonds. The van der Waals surface area contributed by atoms with Crippen molar-refractivity contribution in [1.29, 1.82) is 0 Å². The molecule has 0 aliphatic carbocycles. The number of carbonyl (C=O) groups is 1. The first-order chi connectivity index (χ1) is 11.8. The van der Waals surface area contributed by atoms with Crippen molar-refractivity contribution in [2.24, 2.45) is 0 Å². The third kappa shape index (κ3) is 3.25. The van der Waals surface area contributed by atoms with Crippen LogP contribution in [-0.4, -0.2) is 15.9 Å². The molecule has 3 aromatic rings. The summed E-state index contributed by atoms with van der Waals surface area (Å²) in [6.45, 7) is 1.37. The van der Waals surface area contributed by atoms with Crippen LogP contribution in [0.1, 0.15) is 27.2 Å². The van der Waals surface area contributed by atoms with Gasteiger partial charge in [-0.25, -0.2) is 4.98 Å². The SMILES string of the molecule is Cc1oc2nc[nH]c(=O)c2c1C(=O)NCc1cccc(C(F)(F)F)c1. The van der Waals surface area contributed by atoms with E-state index in [1.165, 1.54) is 19.1 Å². The maximum Gasteiger partial charge on any atom is 0.416 e. The van der Waals surface area contributed by atoms with Gasteiger partial charge >= 0.3 is 6.18 Å². The molecule has 2 heterocycles. The van der Waals surface area contributed by atoms with Crippen molar-refractivity contribution in [2.45, 2.75) is 19.6 Å². The molecular formula is C16H12F3N3O3. The lowest BCUT2D eigenvalue weighted by molar-refractivity contribution is -0.137. The van der Waals surface area contributed by atoms with Gasteiger partial charge in [-0.05, 0) is 24.6 Å². The largest absolute Gasteiger partial charge is 0.442 e. The van der Waals surface area contributed by atoms with E-state index in [-0.39, 0.29) is 34.5 Å². The Morgan fingerprint density at radius 1 is 1.36 bits per heavy atom. The highest BCUT2D eigenvalue weighted by atomic mass is 19.4. The number of H-pyrrole nitrogens is 1. The fourth-order valence-electron chi connectivity index (χ4n) is 2.46. The van der Waals surface area contributed by atoms with E-state index in [0.29, 0.717) is 0 Å². The predicted molar refractivity (Wildman–Crippen MR) is 82.0 cm³/mol. The molecule has 9 heteroatoms. The Balaban J connectivity index is 1.85. The lowest BCUT2D eigenvalue weighted by Gasteiger charge is -2.09. The molecule has 2 aromatic heterocycles. The number of aromatic nitrogens is 2. The van der Waals surface area contributed by atoms with Crippen LogP contribution >= 0.6 is 0 Å². The minimum Gasteiger partial charge on any atom is -0.442 e. The van der Waals surface area contributed by atoms with Gasteiger partial charge in [0.2, 0.25) is 5.71 Å². The topological polar surface area (TPSA) is 88.0 Å². The Morgan fingerprint density at radius 2 is 2.12 bits per heavy atom. The second-order valence-electron chi connectivity index (χ2n) is 5.33. The van der Waals surface area contributed by atoms with Crippen LogP contribution in [0, 0.1) is 6.92 Å². The second-order valence-corrected chi connectivity index (χ2v) is 5.33. The smallest absolute Gasteiger partial charge is 0.416 e. The van der Waals surface area contributed by atoms with Crippen LogP contribution in [0.5, 0.6) is 0 Å². The molecule has 130 valence electrons. The lowest BCUT2D eigenvalue weighted by Crippen LogP contribution is -2.24. The molecule has 3 rings (SSSR count). The number of rotatable bonds is 3. The van der Waals surface area contributed by atoms with Crippen molar-refractivity contribution in [3.63, 3.8) is 0 Å². The summed E-state index contributed by atoms with van der Waals surface area (Å²) in [6.07, 6.45) is -3.31. The van der Waals surface area contributed by atoms with Crippen LogP contribution in [0.15, 0.2) is 39.8 Å². The van der Waals surface area contributed by atoms with Crippen molar-refractivity contribution in [1.82, 2.24) is 15.3 Å². The fourth-order valence-corrected chi connectivity index (χ4v) is 2.46. The van der Waals surface area contributed by atoms with Crippen LogP contribution in [0.2, 0.25) is 0 Å². The number of halogens is 3. The molecule has 0 atom stereocenters. The number of aromatic amines is 1. The van der Waals surface area contributed by atoms with Crippen molar-refractivity contribution in [3.8, 4) is 0 Å². The number of nitrogens with one attached hydrogen (secondary N) is 2. The van der Waals surface area contributed by atoms with E-state index in [1.54, 1.807) is 0 Å². The van der Waals surface area contributed by atoms with Crippen LogP contribution in [0.4, 0.5) is 13.2 Å². The number of carbonyl (C=O) groups excluding carboxylic acids is 1. The van der Waals surface area contributed by atoms with Crippen LogP contribution in [-0.2, 0) is 12.7 Å². The number of amides is 1. The van der Waals surface area contributed by atoms with Gasteiger partial charge in [0.1, 0.15) is 11.1 Å². The van der Waals surface area contributed by atoms with Crippen LogP contribution in [0.25, 0.3) is 11.1 Å². The minimum atomic E-state index is -4.46. The average molecular weight is 351 g/mol. The third-order valence-electron chi connectivity index (χ3n) is 3.60. The van der Waals surface area contributed by atoms with Crippen molar-refractivity contribution < 1.29 is 22.4 Å². The van der Waals surface area contributed by atoms with Crippen molar-refractivity contribution in [3.05, 3.63) is 63.4 Å². The van der Waals surface area contributed by atoms with E-state index >= 15 is 0 Å². The Bertz CT molecular complexity index is 1010. The molecule has 0 spiro atoms. The second kappa shape index (κ2) is 6.08. The first kappa shape index (κ1) is 16.7. The van der Waals surface area contributed by atoms with E-state index in [9.17, 15) is 22.8 Å². The van der Waals surface area contributed by atoms with E-state index < -0.39 is 23.2 Å². The summed E-state index contributed by atoms with van der Waals surface area (Å²) in [7, 11) is 0. The Morgan fingerprint density at radius 3 is 2.84 bits per heavy atom. The minimum absolute atomic E-state index is 0.00143. The predicted octanol–water partition coefficient (Wildman–Crippen LogP) is 2.77. The van der Waals surface area contributed by atoms with Crippen LogP contribution in [0.3, 0.4) is 0 Å². The number of aryl methyl sites for hydroxylation is 1. The quantitative estimate of drug-likeness (QED) is 0.759. The lowest BCUT2D eigenvalue weighted by atomic mass is 10.1. The summed E-state index contributed by atoms with van der Waals surface area (Å²) in [5.74, 6) is -0.437. The fraction of sp³-hybridized carbons (Fsp3) is 0.188. The molecule has 0 saturated carbocycles. The number of nitrogens with zero attached hydrogens (tertiary/aromatic N) is 1. The number of furan rings is 1. The molecule has 0 saturated heterocycles. The molecule has 0 fully saturated rings. The van der Waals surface area contributed by atoms with Crippen LogP contribution < -0.4 is 10.9 Å². The van der Waals surface area contributed by atoms with Gasteiger partial charge in [-0.1, -0.05) is 12.1 Å².